The molecule has 1 unspecified atom stereocenters. The molecule has 4 rings (SSSR count). The molecule has 0 saturated carbocycles. The Hall–Kier alpha value is -3.40. The molecule has 0 spiro atoms. The SMILES string of the molecule is COc1ccc(Cn2nnnc2SC(C)C(=O)N2CC(=O)Nc3ccccc32)cc1. The van der Waals surface area contributed by atoms with E-state index < -0.39 is 5.25 Å². The summed E-state index contributed by atoms with van der Waals surface area (Å²) < 4.78 is 6.82. The van der Waals surface area contributed by atoms with Gasteiger partial charge in [-0.1, -0.05) is 36.0 Å². The smallest absolute Gasteiger partial charge is 0.244 e. The number of anilines is 2. The first-order chi connectivity index (χ1) is 14.5. The molecule has 3 aromatic rings. The van der Waals surface area contributed by atoms with Crippen molar-refractivity contribution >= 4 is 35.0 Å². The first-order valence-corrected chi connectivity index (χ1v) is 10.2. The number of rotatable bonds is 6. The molecule has 2 amide bonds. The average molecular weight is 424 g/mol. The van der Waals surface area contributed by atoms with Gasteiger partial charge in [-0.2, -0.15) is 0 Å². The van der Waals surface area contributed by atoms with Crippen molar-refractivity contribution in [2.24, 2.45) is 0 Å². The van der Waals surface area contributed by atoms with Gasteiger partial charge in [-0.15, -0.1) is 5.10 Å². The van der Waals surface area contributed by atoms with Gasteiger partial charge in [-0.3, -0.25) is 14.5 Å². The van der Waals surface area contributed by atoms with Crippen LogP contribution in [0, 0.1) is 0 Å². The molecular weight excluding hydrogens is 404 g/mol. The fraction of sp³-hybridized carbons (Fsp3) is 0.250. The van der Waals surface area contributed by atoms with E-state index in [1.54, 1.807) is 24.8 Å². The molecule has 0 saturated heterocycles. The van der Waals surface area contributed by atoms with E-state index in [9.17, 15) is 9.59 Å². The second-order valence-corrected chi connectivity index (χ2v) is 8.02. The highest BCUT2D eigenvalue weighted by Gasteiger charge is 2.30. The lowest BCUT2D eigenvalue weighted by atomic mass is 10.2. The van der Waals surface area contributed by atoms with Crippen LogP contribution >= 0.6 is 11.8 Å². The molecule has 30 heavy (non-hydrogen) atoms. The second kappa shape index (κ2) is 8.54. The van der Waals surface area contributed by atoms with Crippen molar-refractivity contribution in [1.82, 2.24) is 20.2 Å². The Kier molecular flexibility index (Phi) is 5.66. The third kappa shape index (κ3) is 4.13. The lowest BCUT2D eigenvalue weighted by Gasteiger charge is -2.30. The van der Waals surface area contributed by atoms with Gasteiger partial charge in [0.15, 0.2) is 0 Å². The van der Waals surface area contributed by atoms with E-state index in [2.05, 4.69) is 20.8 Å². The van der Waals surface area contributed by atoms with E-state index in [0.717, 1.165) is 11.3 Å². The van der Waals surface area contributed by atoms with Gasteiger partial charge in [0, 0.05) is 0 Å². The molecule has 2 heterocycles. The number of hydrogen-bond acceptors (Lipinski definition) is 7. The van der Waals surface area contributed by atoms with Gasteiger partial charge >= 0.3 is 0 Å². The summed E-state index contributed by atoms with van der Waals surface area (Å²) in [5.41, 5.74) is 2.32. The lowest BCUT2D eigenvalue weighted by molar-refractivity contribution is -0.121. The maximum absolute atomic E-state index is 13.1. The molecule has 0 radical (unpaired) electrons. The summed E-state index contributed by atoms with van der Waals surface area (Å²) >= 11 is 1.26. The summed E-state index contributed by atoms with van der Waals surface area (Å²) in [6, 6.07) is 14.9. The van der Waals surface area contributed by atoms with Crippen LogP contribution in [0.4, 0.5) is 11.4 Å². The zero-order chi connectivity index (χ0) is 21.1. The Labute approximate surface area is 177 Å². The summed E-state index contributed by atoms with van der Waals surface area (Å²) in [6.45, 7) is 2.24. The minimum atomic E-state index is -0.482. The normalized spacial score (nSPS) is 14.1. The van der Waals surface area contributed by atoms with Crippen molar-refractivity contribution in [2.75, 3.05) is 23.9 Å². The van der Waals surface area contributed by atoms with Gasteiger partial charge in [-0.05, 0) is 47.2 Å². The van der Waals surface area contributed by atoms with E-state index in [-0.39, 0.29) is 18.4 Å². The Morgan fingerprint density at radius 3 is 2.77 bits per heavy atom. The van der Waals surface area contributed by atoms with Gasteiger partial charge < -0.3 is 10.1 Å². The van der Waals surface area contributed by atoms with Gasteiger partial charge in [0.2, 0.25) is 17.0 Å². The molecule has 0 aliphatic carbocycles. The van der Waals surface area contributed by atoms with Gasteiger partial charge in [0.25, 0.3) is 0 Å². The molecule has 1 aromatic heterocycles. The van der Waals surface area contributed by atoms with Crippen LogP contribution in [-0.4, -0.2) is 50.9 Å². The first kappa shape index (κ1) is 19.9. The topological polar surface area (TPSA) is 102 Å². The number of tetrazole rings is 1. The molecular formula is C20H20N6O3S. The molecule has 2 aromatic carbocycles. The van der Waals surface area contributed by atoms with E-state index in [1.807, 2.05) is 42.5 Å². The van der Waals surface area contributed by atoms with Crippen LogP contribution in [0.5, 0.6) is 5.75 Å². The minimum absolute atomic E-state index is 0.0163. The van der Waals surface area contributed by atoms with E-state index >= 15 is 0 Å². The molecule has 0 fully saturated rings. The summed E-state index contributed by atoms with van der Waals surface area (Å²) in [6.07, 6.45) is 0. The number of carbonyl (C=O) groups excluding carboxylic acids is 2. The number of fused-ring (bicyclic) bond motifs is 1. The number of thioether (sulfide) groups is 1. The molecule has 1 aliphatic heterocycles. The van der Waals surface area contributed by atoms with E-state index in [1.165, 1.54) is 16.7 Å². The van der Waals surface area contributed by atoms with Crippen LogP contribution in [0.3, 0.4) is 0 Å². The maximum atomic E-state index is 13.1. The Bertz CT molecular complexity index is 1070. The number of methoxy groups -OCH3 is 1. The van der Waals surface area contributed by atoms with Crippen LogP contribution in [0.2, 0.25) is 0 Å². The average Bonchev–Trinajstić information content (AvgIpc) is 3.19. The van der Waals surface area contributed by atoms with Crippen molar-refractivity contribution in [3.05, 3.63) is 54.1 Å². The third-order valence-electron chi connectivity index (χ3n) is 4.66. The highest BCUT2D eigenvalue weighted by molar-refractivity contribution is 8.00. The summed E-state index contributed by atoms with van der Waals surface area (Å²) in [4.78, 5) is 26.6. The Morgan fingerprint density at radius 2 is 2.00 bits per heavy atom. The van der Waals surface area contributed by atoms with Crippen LogP contribution in [0.25, 0.3) is 0 Å². The Balaban J connectivity index is 1.48. The molecule has 1 aliphatic rings. The van der Waals surface area contributed by atoms with Gasteiger partial charge in [0.1, 0.15) is 12.3 Å². The summed E-state index contributed by atoms with van der Waals surface area (Å²) in [5.74, 6) is 0.375. The lowest BCUT2D eigenvalue weighted by Crippen LogP contribution is -2.45. The number of para-hydroxylation sites is 2. The zero-order valence-electron chi connectivity index (χ0n) is 16.5. The summed E-state index contributed by atoms with van der Waals surface area (Å²) in [7, 11) is 1.62. The minimum Gasteiger partial charge on any atom is -0.497 e. The maximum Gasteiger partial charge on any atom is 0.244 e. The largest absolute Gasteiger partial charge is 0.497 e. The predicted octanol–water partition coefficient (Wildman–Crippen LogP) is 2.20. The number of nitrogens with one attached hydrogen (secondary N) is 1. The quantitative estimate of drug-likeness (QED) is 0.605. The molecule has 154 valence electrons. The fourth-order valence-electron chi connectivity index (χ4n) is 3.14. The van der Waals surface area contributed by atoms with Crippen molar-refractivity contribution in [3.63, 3.8) is 0 Å². The molecule has 9 nitrogen and oxygen atoms in total. The van der Waals surface area contributed by atoms with Crippen molar-refractivity contribution in [1.29, 1.82) is 0 Å². The van der Waals surface area contributed by atoms with Gasteiger partial charge in [-0.25, -0.2) is 4.68 Å². The number of carbonyl (C=O) groups is 2. The highest BCUT2D eigenvalue weighted by atomic mass is 32.2. The molecule has 10 heteroatoms. The number of amides is 2. The summed E-state index contributed by atoms with van der Waals surface area (Å²) in [5, 5.41) is 14.7. The third-order valence-corrected chi connectivity index (χ3v) is 5.72. The number of ether oxygens (including phenoxy) is 1. The van der Waals surface area contributed by atoms with Crippen LogP contribution in [0.1, 0.15) is 12.5 Å². The van der Waals surface area contributed by atoms with Crippen LogP contribution < -0.4 is 15.0 Å². The first-order valence-electron chi connectivity index (χ1n) is 9.31. The number of benzene rings is 2. The van der Waals surface area contributed by atoms with Gasteiger partial charge in [0.05, 0.1) is 30.3 Å². The molecule has 1 N–H and O–H groups in total. The fourth-order valence-corrected chi connectivity index (χ4v) is 3.99. The van der Waals surface area contributed by atoms with Crippen LogP contribution in [0.15, 0.2) is 53.7 Å². The second-order valence-electron chi connectivity index (χ2n) is 6.72. The molecule has 1 atom stereocenters. The number of hydrogen-bond donors (Lipinski definition) is 1. The molecule has 0 bridgehead atoms. The monoisotopic (exact) mass is 424 g/mol. The predicted molar refractivity (Wildman–Crippen MR) is 113 cm³/mol. The van der Waals surface area contributed by atoms with Crippen molar-refractivity contribution in [2.45, 2.75) is 23.9 Å². The van der Waals surface area contributed by atoms with Crippen molar-refractivity contribution < 1.29 is 14.3 Å². The van der Waals surface area contributed by atoms with E-state index in [4.69, 9.17) is 4.74 Å². The number of nitrogens with zero attached hydrogens (tertiary/aromatic N) is 5. The highest BCUT2D eigenvalue weighted by Crippen LogP contribution is 2.31. The zero-order valence-corrected chi connectivity index (χ0v) is 17.3. The Morgan fingerprint density at radius 1 is 1.23 bits per heavy atom. The van der Waals surface area contributed by atoms with Crippen molar-refractivity contribution in [3.8, 4) is 5.75 Å². The standard InChI is InChI=1S/C20H20N6O3S/c1-13(19(28)25-12-18(27)21-16-5-3-4-6-17(16)25)30-20-22-23-24-26(20)11-14-7-9-15(29-2)10-8-14/h3-10,13H,11-12H2,1-2H3,(H,21,27). The van der Waals surface area contributed by atoms with E-state index in [0.29, 0.717) is 23.1 Å². The number of aromatic nitrogens is 4. The van der Waals surface area contributed by atoms with Crippen LogP contribution in [-0.2, 0) is 16.1 Å².